The number of nitrogens with one attached hydrogen (secondary N) is 1. The molecule has 0 heterocycles. The van der Waals surface area contributed by atoms with E-state index in [0.29, 0.717) is 30.0 Å². The van der Waals surface area contributed by atoms with Crippen LogP contribution >= 0.6 is 0 Å². The average molecular weight is 288 g/mol. The van der Waals surface area contributed by atoms with Crippen molar-refractivity contribution in [2.24, 2.45) is 0 Å². The molecule has 3 nitrogen and oxygen atoms in total. The standard InChI is InChI=1S/C16H14F2N2O/c1-21-16-5-3-11(6-13(16)8-19)9-20-10-12-2-4-14(17)15(18)7-12/h2-7,20H,9-10H2,1H3. The number of halogens is 2. The molecule has 0 atom stereocenters. The summed E-state index contributed by atoms with van der Waals surface area (Å²) in [6, 6.07) is 11.2. The quantitative estimate of drug-likeness (QED) is 0.919. The molecule has 0 spiro atoms. The molecule has 0 fully saturated rings. The summed E-state index contributed by atoms with van der Waals surface area (Å²) in [4.78, 5) is 0. The molecule has 0 amide bonds. The summed E-state index contributed by atoms with van der Waals surface area (Å²) in [5.41, 5.74) is 2.03. The lowest BCUT2D eigenvalue weighted by Crippen LogP contribution is -2.13. The Bertz CT molecular complexity index is 680. The van der Waals surface area contributed by atoms with Crippen LogP contribution in [0.4, 0.5) is 8.78 Å². The second kappa shape index (κ2) is 6.82. The molecule has 2 aromatic carbocycles. The van der Waals surface area contributed by atoms with Crippen LogP contribution in [0.2, 0.25) is 0 Å². The van der Waals surface area contributed by atoms with Gasteiger partial charge in [-0.1, -0.05) is 12.1 Å². The molecular formula is C16H14F2N2O. The third-order valence-electron chi connectivity index (χ3n) is 3.03. The maximum Gasteiger partial charge on any atom is 0.159 e. The predicted molar refractivity (Wildman–Crippen MR) is 74.6 cm³/mol. The lowest BCUT2D eigenvalue weighted by Gasteiger charge is -2.08. The normalized spacial score (nSPS) is 10.2. The van der Waals surface area contributed by atoms with Gasteiger partial charge in [-0.05, 0) is 35.4 Å². The molecule has 0 saturated carbocycles. The first-order valence-electron chi connectivity index (χ1n) is 6.35. The third-order valence-corrected chi connectivity index (χ3v) is 3.03. The van der Waals surface area contributed by atoms with Crippen LogP contribution in [0.5, 0.6) is 5.75 Å². The zero-order chi connectivity index (χ0) is 15.2. The van der Waals surface area contributed by atoms with Crippen molar-refractivity contribution < 1.29 is 13.5 Å². The Hall–Kier alpha value is -2.45. The van der Waals surface area contributed by atoms with Crippen LogP contribution < -0.4 is 10.1 Å². The summed E-state index contributed by atoms with van der Waals surface area (Å²) in [6.07, 6.45) is 0. The molecular weight excluding hydrogens is 274 g/mol. The minimum absolute atomic E-state index is 0.408. The summed E-state index contributed by atoms with van der Waals surface area (Å²) in [5, 5.41) is 12.1. The number of nitriles is 1. The molecule has 2 rings (SSSR count). The molecule has 0 unspecified atom stereocenters. The molecule has 108 valence electrons. The maximum atomic E-state index is 13.1. The molecule has 5 heteroatoms. The number of nitrogens with zero attached hydrogens (tertiary/aromatic N) is 1. The Balaban J connectivity index is 1.97. The third kappa shape index (κ3) is 3.77. The second-order valence-electron chi connectivity index (χ2n) is 4.50. The van der Waals surface area contributed by atoms with E-state index in [-0.39, 0.29) is 0 Å². The maximum absolute atomic E-state index is 13.1. The summed E-state index contributed by atoms with van der Waals surface area (Å²) in [6.45, 7) is 0.919. The monoisotopic (exact) mass is 288 g/mol. The molecule has 0 radical (unpaired) electrons. The van der Waals surface area contributed by atoms with Crippen molar-refractivity contribution >= 4 is 0 Å². The van der Waals surface area contributed by atoms with Crippen molar-refractivity contribution in [3.63, 3.8) is 0 Å². The van der Waals surface area contributed by atoms with Gasteiger partial charge in [-0.25, -0.2) is 8.78 Å². The van der Waals surface area contributed by atoms with Crippen LogP contribution in [0.1, 0.15) is 16.7 Å². The van der Waals surface area contributed by atoms with E-state index in [2.05, 4.69) is 11.4 Å². The fourth-order valence-electron chi connectivity index (χ4n) is 1.95. The Labute approximate surface area is 121 Å². The highest BCUT2D eigenvalue weighted by Gasteiger charge is 2.05. The van der Waals surface area contributed by atoms with Crippen LogP contribution in [-0.2, 0) is 13.1 Å². The lowest BCUT2D eigenvalue weighted by molar-refractivity contribution is 0.413. The van der Waals surface area contributed by atoms with Crippen LogP contribution in [0.15, 0.2) is 36.4 Å². The number of benzene rings is 2. The topological polar surface area (TPSA) is 45.0 Å². The molecule has 0 aliphatic carbocycles. The van der Waals surface area contributed by atoms with Crippen molar-refractivity contribution in [3.05, 3.63) is 64.7 Å². The SMILES string of the molecule is COc1ccc(CNCc2ccc(F)c(F)c2)cc1C#N. The smallest absolute Gasteiger partial charge is 0.159 e. The lowest BCUT2D eigenvalue weighted by atomic mass is 10.1. The van der Waals surface area contributed by atoms with E-state index in [1.807, 2.05) is 6.07 Å². The van der Waals surface area contributed by atoms with Gasteiger partial charge in [0.1, 0.15) is 11.8 Å². The van der Waals surface area contributed by atoms with Crippen LogP contribution in [0, 0.1) is 23.0 Å². The van der Waals surface area contributed by atoms with E-state index in [0.717, 1.165) is 17.7 Å². The minimum atomic E-state index is -0.856. The van der Waals surface area contributed by atoms with Gasteiger partial charge in [-0.2, -0.15) is 5.26 Å². The van der Waals surface area contributed by atoms with Gasteiger partial charge < -0.3 is 10.1 Å². The Morgan fingerprint density at radius 2 is 1.71 bits per heavy atom. The fraction of sp³-hybridized carbons (Fsp3) is 0.188. The van der Waals surface area contributed by atoms with E-state index < -0.39 is 11.6 Å². The van der Waals surface area contributed by atoms with Crippen molar-refractivity contribution in [2.75, 3.05) is 7.11 Å². The van der Waals surface area contributed by atoms with Crippen LogP contribution in [-0.4, -0.2) is 7.11 Å². The highest BCUT2D eigenvalue weighted by Crippen LogP contribution is 2.18. The molecule has 0 aliphatic heterocycles. The number of hydrogen-bond acceptors (Lipinski definition) is 3. The van der Waals surface area contributed by atoms with E-state index in [4.69, 9.17) is 10.00 Å². The number of methoxy groups -OCH3 is 1. The first kappa shape index (κ1) is 14.9. The average Bonchev–Trinajstić information content (AvgIpc) is 2.50. The second-order valence-corrected chi connectivity index (χ2v) is 4.50. The van der Waals surface area contributed by atoms with E-state index in [1.165, 1.54) is 13.2 Å². The first-order valence-corrected chi connectivity index (χ1v) is 6.35. The van der Waals surface area contributed by atoms with Gasteiger partial charge in [-0.3, -0.25) is 0 Å². The summed E-state index contributed by atoms with van der Waals surface area (Å²) in [5.74, 6) is -1.18. The van der Waals surface area contributed by atoms with E-state index >= 15 is 0 Å². The fourth-order valence-corrected chi connectivity index (χ4v) is 1.95. The minimum Gasteiger partial charge on any atom is -0.495 e. The van der Waals surface area contributed by atoms with Gasteiger partial charge in [0.25, 0.3) is 0 Å². The Kier molecular flexibility index (Phi) is 4.85. The van der Waals surface area contributed by atoms with E-state index in [1.54, 1.807) is 12.1 Å². The Morgan fingerprint density at radius 3 is 2.33 bits per heavy atom. The molecule has 0 bridgehead atoms. The van der Waals surface area contributed by atoms with Crippen LogP contribution in [0.25, 0.3) is 0 Å². The number of hydrogen-bond donors (Lipinski definition) is 1. The van der Waals surface area contributed by atoms with Gasteiger partial charge in [-0.15, -0.1) is 0 Å². The predicted octanol–water partition coefficient (Wildman–Crippen LogP) is 3.13. The summed E-state index contributed by atoms with van der Waals surface area (Å²) >= 11 is 0. The number of ether oxygens (including phenoxy) is 1. The van der Waals surface area contributed by atoms with Gasteiger partial charge in [0.2, 0.25) is 0 Å². The van der Waals surface area contributed by atoms with Crippen molar-refractivity contribution in [2.45, 2.75) is 13.1 Å². The molecule has 0 aliphatic rings. The van der Waals surface area contributed by atoms with Crippen LogP contribution in [0.3, 0.4) is 0 Å². The summed E-state index contributed by atoms with van der Waals surface area (Å²) < 4.78 is 30.9. The van der Waals surface area contributed by atoms with E-state index in [9.17, 15) is 8.78 Å². The highest BCUT2D eigenvalue weighted by atomic mass is 19.2. The molecule has 21 heavy (non-hydrogen) atoms. The molecule has 0 saturated heterocycles. The first-order chi connectivity index (χ1) is 10.1. The Morgan fingerprint density at radius 1 is 1.05 bits per heavy atom. The highest BCUT2D eigenvalue weighted by molar-refractivity contribution is 5.45. The van der Waals surface area contributed by atoms with Crippen molar-refractivity contribution in [1.29, 1.82) is 5.26 Å². The largest absolute Gasteiger partial charge is 0.495 e. The summed E-state index contributed by atoms with van der Waals surface area (Å²) in [7, 11) is 1.51. The van der Waals surface area contributed by atoms with Crippen molar-refractivity contribution in [3.8, 4) is 11.8 Å². The van der Waals surface area contributed by atoms with Gasteiger partial charge >= 0.3 is 0 Å². The van der Waals surface area contributed by atoms with Crippen molar-refractivity contribution in [1.82, 2.24) is 5.32 Å². The molecule has 2 aromatic rings. The zero-order valence-corrected chi connectivity index (χ0v) is 11.5. The van der Waals surface area contributed by atoms with Gasteiger partial charge in [0, 0.05) is 13.1 Å². The van der Waals surface area contributed by atoms with Gasteiger partial charge in [0.05, 0.1) is 12.7 Å². The van der Waals surface area contributed by atoms with Gasteiger partial charge in [0.15, 0.2) is 11.6 Å². The number of rotatable bonds is 5. The molecule has 1 N–H and O–H groups in total. The zero-order valence-electron chi connectivity index (χ0n) is 11.5. The molecule has 0 aromatic heterocycles.